The van der Waals surface area contributed by atoms with E-state index in [9.17, 15) is 22.0 Å². The average Bonchev–Trinajstić information content (AvgIpc) is 2.69. The molecule has 1 aromatic heterocycles. The molecule has 0 aliphatic rings. The van der Waals surface area contributed by atoms with Crippen molar-refractivity contribution in [2.45, 2.75) is 14.9 Å². The van der Waals surface area contributed by atoms with Gasteiger partial charge in [-0.05, 0) is 48.5 Å². The van der Waals surface area contributed by atoms with Gasteiger partial charge in [0, 0.05) is 0 Å². The molecule has 2 aromatic carbocycles. The number of hydrogen-bond acceptors (Lipinski definition) is 6. The van der Waals surface area contributed by atoms with E-state index in [4.69, 9.17) is 11.6 Å². The lowest BCUT2D eigenvalue weighted by Gasteiger charge is -2.07. The molecule has 0 fully saturated rings. The summed E-state index contributed by atoms with van der Waals surface area (Å²) in [5, 5.41) is 10.0. The molecule has 0 bridgehead atoms. The van der Waals surface area contributed by atoms with Gasteiger partial charge in [-0.15, -0.1) is 10.2 Å². The first-order chi connectivity index (χ1) is 13.8. The van der Waals surface area contributed by atoms with Gasteiger partial charge >= 0.3 is 0 Å². The third kappa shape index (κ3) is 5.28. The van der Waals surface area contributed by atoms with Gasteiger partial charge in [0.15, 0.2) is 5.03 Å². The zero-order chi connectivity index (χ0) is 21.0. The van der Waals surface area contributed by atoms with Crippen molar-refractivity contribution >= 4 is 44.8 Å². The van der Waals surface area contributed by atoms with Crippen molar-refractivity contribution in [1.29, 1.82) is 0 Å². The monoisotopic (exact) mass is 455 g/mol. The Hall–Kier alpha value is -2.56. The Morgan fingerprint density at radius 3 is 2.45 bits per heavy atom. The van der Waals surface area contributed by atoms with Crippen molar-refractivity contribution in [1.82, 2.24) is 10.2 Å². The standard InChI is InChI=1S/C18H12ClF2N3O3S2/c19-14-9-12(21)4-5-15(14)22-16(25)10-28-17-6-7-18(24-23-17)29(26,27)13-3-1-2-11(20)8-13/h1-9H,10H2,(H,22,25). The number of rotatable bonds is 6. The molecule has 0 aliphatic heterocycles. The molecule has 6 nitrogen and oxygen atoms in total. The summed E-state index contributed by atoms with van der Waals surface area (Å²) in [5.74, 6) is -1.68. The van der Waals surface area contributed by atoms with Crippen molar-refractivity contribution in [3.63, 3.8) is 0 Å². The first-order valence-corrected chi connectivity index (χ1v) is 10.8. The molecule has 1 N–H and O–H groups in total. The number of aromatic nitrogens is 2. The number of benzene rings is 2. The smallest absolute Gasteiger partial charge is 0.234 e. The van der Waals surface area contributed by atoms with Crippen LogP contribution in [0.25, 0.3) is 0 Å². The van der Waals surface area contributed by atoms with Crippen molar-refractivity contribution in [3.05, 3.63) is 71.3 Å². The SMILES string of the molecule is O=C(CSc1ccc(S(=O)(=O)c2cccc(F)c2)nn1)Nc1ccc(F)cc1Cl. The molecule has 0 unspecified atom stereocenters. The highest BCUT2D eigenvalue weighted by molar-refractivity contribution is 7.99. The number of nitrogens with one attached hydrogen (secondary N) is 1. The number of anilines is 1. The fourth-order valence-electron chi connectivity index (χ4n) is 2.20. The summed E-state index contributed by atoms with van der Waals surface area (Å²) in [6.07, 6.45) is 0. The van der Waals surface area contributed by atoms with Gasteiger partial charge < -0.3 is 5.32 Å². The van der Waals surface area contributed by atoms with Gasteiger partial charge in [0.05, 0.1) is 21.4 Å². The molecule has 29 heavy (non-hydrogen) atoms. The quantitative estimate of drug-likeness (QED) is 0.566. The molecular weight excluding hydrogens is 444 g/mol. The predicted molar refractivity (Wildman–Crippen MR) is 105 cm³/mol. The van der Waals surface area contributed by atoms with Gasteiger partial charge in [-0.1, -0.05) is 29.4 Å². The molecule has 150 valence electrons. The minimum absolute atomic E-state index is 0.0572. The highest BCUT2D eigenvalue weighted by atomic mass is 35.5. The molecular formula is C18H12ClF2N3O3S2. The Morgan fingerprint density at radius 2 is 1.79 bits per heavy atom. The summed E-state index contributed by atoms with van der Waals surface area (Å²) in [6, 6.07) is 10.8. The van der Waals surface area contributed by atoms with Crippen LogP contribution in [0.5, 0.6) is 0 Å². The summed E-state index contributed by atoms with van der Waals surface area (Å²) in [7, 11) is -4.01. The average molecular weight is 456 g/mol. The van der Waals surface area contributed by atoms with Crippen LogP contribution in [0.3, 0.4) is 0 Å². The second kappa shape index (κ2) is 8.85. The van der Waals surface area contributed by atoms with Crippen molar-refractivity contribution in [2.24, 2.45) is 0 Å². The number of hydrogen-bond donors (Lipinski definition) is 1. The summed E-state index contributed by atoms with van der Waals surface area (Å²) in [6.45, 7) is 0. The molecule has 0 atom stereocenters. The molecule has 3 rings (SSSR count). The van der Waals surface area contributed by atoms with Crippen molar-refractivity contribution < 1.29 is 22.0 Å². The minimum Gasteiger partial charge on any atom is -0.324 e. The first-order valence-electron chi connectivity index (χ1n) is 7.98. The van der Waals surface area contributed by atoms with Gasteiger partial charge in [-0.2, -0.15) is 0 Å². The number of thioether (sulfide) groups is 1. The molecule has 0 spiro atoms. The molecule has 0 saturated heterocycles. The number of halogens is 3. The van der Waals surface area contributed by atoms with Crippen LogP contribution in [0.2, 0.25) is 5.02 Å². The van der Waals surface area contributed by atoms with E-state index in [-0.39, 0.29) is 26.4 Å². The zero-order valence-electron chi connectivity index (χ0n) is 14.5. The van der Waals surface area contributed by atoms with Gasteiger partial charge in [-0.25, -0.2) is 17.2 Å². The second-order valence-corrected chi connectivity index (χ2v) is 8.93. The van der Waals surface area contributed by atoms with Gasteiger partial charge in [0.1, 0.15) is 16.7 Å². The Kier molecular flexibility index (Phi) is 6.46. The lowest BCUT2D eigenvalue weighted by atomic mass is 10.3. The molecule has 0 radical (unpaired) electrons. The van der Waals surface area contributed by atoms with E-state index < -0.39 is 27.4 Å². The minimum atomic E-state index is -4.01. The highest BCUT2D eigenvalue weighted by Gasteiger charge is 2.20. The lowest BCUT2D eigenvalue weighted by molar-refractivity contribution is -0.113. The summed E-state index contributed by atoms with van der Waals surface area (Å²) >= 11 is 6.86. The second-order valence-electron chi connectivity index (χ2n) is 5.63. The maximum Gasteiger partial charge on any atom is 0.234 e. The van der Waals surface area contributed by atoms with Crippen LogP contribution in [0.4, 0.5) is 14.5 Å². The third-order valence-electron chi connectivity index (χ3n) is 3.55. The van der Waals surface area contributed by atoms with Crippen LogP contribution in [-0.2, 0) is 14.6 Å². The number of sulfone groups is 1. The molecule has 0 aliphatic carbocycles. The highest BCUT2D eigenvalue weighted by Crippen LogP contribution is 2.24. The molecule has 0 saturated carbocycles. The van der Waals surface area contributed by atoms with Crippen molar-refractivity contribution in [3.8, 4) is 0 Å². The number of carbonyl (C=O) groups is 1. The van der Waals surface area contributed by atoms with Crippen LogP contribution in [0.15, 0.2) is 69.5 Å². The summed E-state index contributed by atoms with van der Waals surface area (Å²) < 4.78 is 51.2. The first kappa shape index (κ1) is 21.2. The van der Waals surface area contributed by atoms with Crippen LogP contribution in [0.1, 0.15) is 0 Å². The van der Waals surface area contributed by atoms with E-state index in [0.717, 1.165) is 36.0 Å². The van der Waals surface area contributed by atoms with Crippen molar-refractivity contribution in [2.75, 3.05) is 11.1 Å². The van der Waals surface area contributed by atoms with E-state index in [1.165, 1.54) is 30.3 Å². The van der Waals surface area contributed by atoms with E-state index in [2.05, 4.69) is 15.5 Å². The van der Waals surface area contributed by atoms with Crippen LogP contribution < -0.4 is 5.32 Å². The van der Waals surface area contributed by atoms with E-state index in [0.29, 0.717) is 5.03 Å². The predicted octanol–water partition coefficient (Wildman–Crippen LogP) is 3.97. The largest absolute Gasteiger partial charge is 0.324 e. The lowest BCUT2D eigenvalue weighted by Crippen LogP contribution is -2.14. The molecule has 1 amide bonds. The molecule has 1 heterocycles. The third-order valence-corrected chi connectivity index (χ3v) is 6.43. The van der Waals surface area contributed by atoms with E-state index in [1.807, 2.05) is 0 Å². The molecule has 3 aromatic rings. The number of nitrogens with zero attached hydrogens (tertiary/aromatic N) is 2. The van der Waals surface area contributed by atoms with Gasteiger partial charge in [0.2, 0.25) is 15.7 Å². The Morgan fingerprint density at radius 1 is 1.03 bits per heavy atom. The van der Waals surface area contributed by atoms with E-state index in [1.54, 1.807) is 0 Å². The zero-order valence-corrected chi connectivity index (χ0v) is 16.9. The van der Waals surface area contributed by atoms with E-state index >= 15 is 0 Å². The fraction of sp³-hybridized carbons (Fsp3) is 0.0556. The van der Waals surface area contributed by atoms with Gasteiger partial charge in [0.25, 0.3) is 0 Å². The van der Waals surface area contributed by atoms with Crippen LogP contribution >= 0.6 is 23.4 Å². The van der Waals surface area contributed by atoms with Crippen LogP contribution in [0, 0.1) is 11.6 Å². The van der Waals surface area contributed by atoms with Gasteiger partial charge in [-0.3, -0.25) is 4.79 Å². The Bertz CT molecular complexity index is 1160. The normalized spacial score (nSPS) is 11.3. The maximum atomic E-state index is 13.3. The summed E-state index contributed by atoms with van der Waals surface area (Å²) in [4.78, 5) is 11.8. The fourth-order valence-corrected chi connectivity index (χ4v) is 4.19. The number of carbonyl (C=O) groups excluding carboxylic acids is 1. The Labute approximate surface area is 174 Å². The Balaban J connectivity index is 1.64. The maximum absolute atomic E-state index is 13.3. The van der Waals surface area contributed by atoms with Crippen LogP contribution in [-0.4, -0.2) is 30.3 Å². The topological polar surface area (TPSA) is 89.0 Å². The molecule has 11 heteroatoms. The summed E-state index contributed by atoms with van der Waals surface area (Å²) in [5.41, 5.74) is 0.265. The number of amides is 1.